The van der Waals surface area contributed by atoms with Gasteiger partial charge in [0, 0.05) is 103 Å². The molecule has 0 saturated carbocycles. The summed E-state index contributed by atoms with van der Waals surface area (Å²) in [4.78, 5) is 56.5. The Hall–Kier alpha value is -5.26. The minimum Gasteiger partial charge on any atom is -0.662 e. The smallest absolute Gasteiger partial charge is 0.248 e. The largest absolute Gasteiger partial charge is 0.662 e. The molecule has 0 unspecified atom stereocenters. The number of rotatable bonds is 12. The number of amides is 1. The third-order valence-corrected chi connectivity index (χ3v) is 12.6. The SMILES string of the molecule is CON=C(Cc1ccnc(N)c1)C1CC[N-]CC1.CON=C(c1cccc(=O)[nH]1)C1CCN(C(=O)C2CCN(Cc3ccnc(N)c3)CC2)CC1.Nc1cc(CN2CCC(O)CC2)ccn1.[W]. The van der Waals surface area contributed by atoms with Crippen molar-refractivity contribution in [1.29, 1.82) is 0 Å². The fourth-order valence-electron chi connectivity index (χ4n) is 9.05. The van der Waals surface area contributed by atoms with Crippen LogP contribution in [0.4, 0.5) is 17.5 Å². The Morgan fingerprint density at radius 3 is 1.73 bits per heavy atom. The number of nitrogens with zero attached hydrogens (tertiary/aromatic N) is 9. The van der Waals surface area contributed by atoms with E-state index in [1.165, 1.54) is 18.7 Å². The minimum atomic E-state index is -0.164. The van der Waals surface area contributed by atoms with Gasteiger partial charge in [0.15, 0.2) is 0 Å². The number of piperidine rings is 4. The molecule has 4 fully saturated rings. The van der Waals surface area contributed by atoms with Crippen LogP contribution >= 0.6 is 0 Å². The first-order chi connectivity index (χ1) is 32.1. The maximum atomic E-state index is 13.2. The number of aliphatic hydroxyl groups is 1. The van der Waals surface area contributed by atoms with Gasteiger partial charge in [-0.15, -0.1) is 13.1 Å². The Morgan fingerprint density at radius 1 is 0.701 bits per heavy atom. The summed E-state index contributed by atoms with van der Waals surface area (Å²) in [6.45, 7) is 8.70. The second-order valence-corrected chi connectivity index (χ2v) is 17.4. The zero-order valence-electron chi connectivity index (χ0n) is 38.9. The molecule has 4 aliphatic rings. The molecule has 8 rings (SSSR count). The van der Waals surface area contributed by atoms with Crippen LogP contribution < -0.4 is 22.8 Å². The number of oxime groups is 2. The summed E-state index contributed by atoms with van der Waals surface area (Å²) in [6, 6.07) is 16.7. The van der Waals surface area contributed by atoms with Crippen molar-refractivity contribution in [1.82, 2.24) is 34.6 Å². The van der Waals surface area contributed by atoms with E-state index >= 15 is 0 Å². The van der Waals surface area contributed by atoms with E-state index < -0.39 is 0 Å². The molecule has 1 amide bonds. The van der Waals surface area contributed by atoms with E-state index in [-0.39, 0.29) is 50.5 Å². The summed E-state index contributed by atoms with van der Waals surface area (Å²) < 4.78 is 0. The van der Waals surface area contributed by atoms with Crippen molar-refractivity contribution >= 4 is 34.8 Å². The van der Waals surface area contributed by atoms with E-state index in [0.717, 1.165) is 133 Å². The number of aliphatic hydroxyl groups excluding tert-OH is 1. The molecule has 18 nitrogen and oxygen atoms in total. The molecule has 4 aromatic rings. The van der Waals surface area contributed by atoms with Crippen LogP contribution in [0.5, 0.6) is 0 Å². The van der Waals surface area contributed by atoms with Crippen LogP contribution in [0, 0.1) is 17.8 Å². The van der Waals surface area contributed by atoms with E-state index in [4.69, 9.17) is 26.9 Å². The quantitative estimate of drug-likeness (QED) is 0.0972. The molecule has 8 heterocycles. The predicted molar refractivity (Wildman–Crippen MR) is 258 cm³/mol. The van der Waals surface area contributed by atoms with Crippen LogP contribution in [0.25, 0.3) is 5.32 Å². The molecule has 67 heavy (non-hydrogen) atoms. The summed E-state index contributed by atoms with van der Waals surface area (Å²) in [6.07, 6.45) is 13.1. The van der Waals surface area contributed by atoms with Gasteiger partial charge in [0.05, 0.1) is 17.5 Å². The van der Waals surface area contributed by atoms with Gasteiger partial charge in [-0.25, -0.2) is 15.0 Å². The molecule has 362 valence electrons. The Labute approximate surface area is 408 Å². The number of nitrogen functional groups attached to an aromatic ring is 3. The van der Waals surface area contributed by atoms with Crippen molar-refractivity contribution in [3.05, 3.63) is 111 Å². The number of H-pyrrole nitrogens is 1. The summed E-state index contributed by atoms with van der Waals surface area (Å²) in [5, 5.41) is 22.1. The molecule has 0 aliphatic carbocycles. The third-order valence-electron chi connectivity index (χ3n) is 12.6. The maximum Gasteiger partial charge on any atom is 0.248 e. The molecule has 4 saturated heterocycles. The van der Waals surface area contributed by atoms with Crippen molar-refractivity contribution in [3.8, 4) is 0 Å². The number of hydrogen-bond donors (Lipinski definition) is 5. The number of likely N-dealkylation sites (tertiary alicyclic amines) is 3. The van der Waals surface area contributed by atoms with Gasteiger partial charge >= 0.3 is 0 Å². The van der Waals surface area contributed by atoms with Crippen LogP contribution in [0.1, 0.15) is 73.8 Å². The molecular weight excluding hydrogens is 1020 g/mol. The Balaban J connectivity index is 0.000000208. The van der Waals surface area contributed by atoms with Crippen LogP contribution in [-0.4, -0.2) is 130 Å². The first-order valence-electron chi connectivity index (χ1n) is 23.1. The van der Waals surface area contributed by atoms with Crippen molar-refractivity contribution in [3.63, 3.8) is 0 Å². The third kappa shape index (κ3) is 17.1. The average molecular weight is 1090 g/mol. The second kappa shape index (κ2) is 27.5. The summed E-state index contributed by atoms with van der Waals surface area (Å²) in [7, 11) is 3.10. The molecule has 0 spiro atoms. The number of nitrogens with two attached hydrogens (primary N) is 3. The van der Waals surface area contributed by atoms with E-state index in [0.29, 0.717) is 42.2 Å². The Bertz CT molecular complexity index is 2230. The number of nitrogens with one attached hydrogen (secondary N) is 1. The second-order valence-electron chi connectivity index (χ2n) is 17.4. The molecular formula is C48H68N13O5W-. The van der Waals surface area contributed by atoms with E-state index in [1.54, 1.807) is 31.8 Å². The fraction of sp³-hybridized carbons (Fsp3) is 0.521. The van der Waals surface area contributed by atoms with Gasteiger partial charge in [-0.1, -0.05) is 29.2 Å². The van der Waals surface area contributed by atoms with Crippen molar-refractivity contribution in [2.24, 2.45) is 28.1 Å². The monoisotopic (exact) mass is 1090 g/mol. The molecule has 8 N–H and O–H groups in total. The van der Waals surface area contributed by atoms with Crippen molar-refractivity contribution in [2.75, 3.05) is 83.8 Å². The van der Waals surface area contributed by atoms with Gasteiger partial charge in [0.2, 0.25) is 11.5 Å². The molecule has 0 atom stereocenters. The maximum absolute atomic E-state index is 13.2. The van der Waals surface area contributed by atoms with Gasteiger partial charge in [-0.05, 0) is 117 Å². The van der Waals surface area contributed by atoms with Gasteiger partial charge in [-0.3, -0.25) is 19.4 Å². The van der Waals surface area contributed by atoms with Crippen LogP contribution in [0.2, 0.25) is 0 Å². The normalized spacial score (nSPS) is 18.4. The van der Waals surface area contributed by atoms with E-state index in [1.807, 2.05) is 47.4 Å². The zero-order chi connectivity index (χ0) is 46.7. The van der Waals surface area contributed by atoms with Crippen molar-refractivity contribution < 1.29 is 40.6 Å². The molecule has 0 radical (unpaired) electrons. The summed E-state index contributed by atoms with van der Waals surface area (Å²) in [5.41, 5.74) is 22.9. The van der Waals surface area contributed by atoms with Crippen LogP contribution in [0.3, 0.4) is 0 Å². The van der Waals surface area contributed by atoms with Gasteiger partial charge in [-0.2, -0.15) is 0 Å². The van der Waals surface area contributed by atoms with Crippen LogP contribution in [-0.2, 0) is 55.0 Å². The Kier molecular flexibility index (Phi) is 21.7. The standard InChI is InChI=1S/C24H32N6O3.C13H19N4O.C11H17N3O.W/c1-33-28-23(20-3-2-4-22(31)27-20)18-8-13-30(14-9-18)24(32)19-6-11-29(12-7-19)16-17-5-10-26-21(25)15-17;1-18-17-12(11-3-5-15-6-4-11)8-10-2-7-16-13(14)9-10;12-11-7-9(1-4-13-11)8-14-5-2-10(15)3-6-14;/h2-5,10,15,18-19H,6-9,11-14,16H2,1H3,(H2,25,26)(H,27,31);2,7,9,11H,3-6,8H2,1H3,(H2,14,16);1,4,7,10,15H,2-3,5-6,8H2,(H2,12,13);/q;-1;;. The zero-order valence-corrected chi connectivity index (χ0v) is 41.9. The first-order valence-corrected chi connectivity index (χ1v) is 23.1. The molecule has 4 aromatic heterocycles. The first kappa shape index (κ1) is 52.7. The topological polar surface area (TPSA) is 254 Å². The summed E-state index contributed by atoms with van der Waals surface area (Å²) >= 11 is 0. The number of anilines is 3. The predicted octanol–water partition coefficient (Wildman–Crippen LogP) is 4.46. The van der Waals surface area contributed by atoms with Gasteiger partial charge in [0.25, 0.3) is 0 Å². The van der Waals surface area contributed by atoms with Crippen LogP contribution in [0.15, 0.2) is 88.3 Å². The Morgan fingerprint density at radius 2 is 1.21 bits per heavy atom. The number of carbonyl (C=O) groups is 1. The number of aromatic amines is 1. The molecule has 0 aromatic carbocycles. The summed E-state index contributed by atoms with van der Waals surface area (Å²) in [5.74, 6) is 2.61. The molecule has 0 bridgehead atoms. The van der Waals surface area contributed by atoms with Gasteiger partial charge < -0.3 is 47.2 Å². The molecule has 4 aliphatic heterocycles. The fourth-order valence-corrected chi connectivity index (χ4v) is 9.05. The van der Waals surface area contributed by atoms with Crippen molar-refractivity contribution in [2.45, 2.75) is 77.0 Å². The minimum absolute atomic E-state index is 0. The van der Waals surface area contributed by atoms with E-state index in [2.05, 4.69) is 45.4 Å². The molecule has 19 heteroatoms. The number of carbonyl (C=O) groups excluding carboxylic acids is 1. The number of pyridine rings is 4. The average Bonchev–Trinajstić information content (AvgIpc) is 3.32. The van der Waals surface area contributed by atoms with E-state index in [9.17, 15) is 14.7 Å². The van der Waals surface area contributed by atoms with Gasteiger partial charge in [0.1, 0.15) is 37.4 Å². The number of hydrogen-bond acceptors (Lipinski definition) is 15. The number of aromatic nitrogens is 4.